The van der Waals surface area contributed by atoms with Gasteiger partial charge >= 0.3 is 0 Å². The van der Waals surface area contributed by atoms with Gasteiger partial charge in [0.25, 0.3) is 0 Å². The van der Waals surface area contributed by atoms with Gasteiger partial charge in [-0.3, -0.25) is 0 Å². The van der Waals surface area contributed by atoms with Crippen LogP contribution in [0.15, 0.2) is 129 Å². The summed E-state index contributed by atoms with van der Waals surface area (Å²) in [4.78, 5) is 5.07. The SMILES string of the molecule is c1ccc(Sc2cccc(Sc3ccccc3)c2-c2ccccc2)cc1. The zero-order valence-corrected chi connectivity index (χ0v) is 15.8. The van der Waals surface area contributed by atoms with Crippen LogP contribution in [0.2, 0.25) is 0 Å². The maximum Gasteiger partial charge on any atom is 0.0212 e. The lowest BCUT2D eigenvalue weighted by Gasteiger charge is -2.15. The molecule has 0 aromatic heterocycles. The predicted octanol–water partition coefficient (Wildman–Crippen LogP) is 7.66. The van der Waals surface area contributed by atoms with E-state index < -0.39 is 0 Å². The first kappa shape index (κ1) is 17.0. The largest absolute Gasteiger partial charge is 0.0894 e. The zero-order chi connectivity index (χ0) is 17.6. The summed E-state index contributed by atoms with van der Waals surface area (Å²) in [6.45, 7) is 0. The number of rotatable bonds is 5. The van der Waals surface area contributed by atoms with Crippen molar-refractivity contribution in [1.29, 1.82) is 0 Å². The van der Waals surface area contributed by atoms with Gasteiger partial charge in [0.2, 0.25) is 0 Å². The average Bonchev–Trinajstić information content (AvgIpc) is 2.70. The minimum Gasteiger partial charge on any atom is -0.0894 e. The van der Waals surface area contributed by atoms with Crippen molar-refractivity contribution in [3.05, 3.63) is 109 Å². The van der Waals surface area contributed by atoms with Crippen LogP contribution in [0.3, 0.4) is 0 Å². The lowest BCUT2D eigenvalue weighted by molar-refractivity contribution is 1.31. The fourth-order valence-corrected chi connectivity index (χ4v) is 4.91. The molecule has 0 aliphatic rings. The van der Waals surface area contributed by atoms with Crippen LogP contribution in [0.4, 0.5) is 0 Å². The molecule has 0 spiro atoms. The molecule has 0 amide bonds. The van der Waals surface area contributed by atoms with Crippen molar-refractivity contribution >= 4 is 23.5 Å². The third-order valence-electron chi connectivity index (χ3n) is 3.99. The van der Waals surface area contributed by atoms with Crippen molar-refractivity contribution in [2.45, 2.75) is 19.6 Å². The second-order valence-corrected chi connectivity index (χ2v) is 8.06. The number of benzene rings is 4. The molecule has 126 valence electrons. The summed E-state index contributed by atoms with van der Waals surface area (Å²) in [6, 6.07) is 38.4. The third-order valence-corrected chi connectivity index (χ3v) is 6.13. The van der Waals surface area contributed by atoms with E-state index in [1.807, 2.05) is 23.5 Å². The Balaban J connectivity index is 1.79. The summed E-state index contributed by atoms with van der Waals surface area (Å²) >= 11 is 3.64. The van der Waals surface area contributed by atoms with Gasteiger partial charge in [-0.1, -0.05) is 96.3 Å². The molecule has 4 aromatic rings. The molecule has 0 saturated carbocycles. The highest BCUT2D eigenvalue weighted by Gasteiger charge is 2.13. The molecule has 0 fully saturated rings. The molecular weight excluding hydrogens is 352 g/mol. The lowest BCUT2D eigenvalue weighted by atomic mass is 10.1. The monoisotopic (exact) mass is 370 g/mol. The topological polar surface area (TPSA) is 0 Å². The van der Waals surface area contributed by atoms with E-state index in [4.69, 9.17) is 0 Å². The highest BCUT2D eigenvalue weighted by molar-refractivity contribution is 8.00. The normalized spacial score (nSPS) is 10.6. The second-order valence-electron chi connectivity index (χ2n) is 5.83. The minimum atomic E-state index is 1.25. The quantitative estimate of drug-likeness (QED) is 0.354. The molecule has 0 heterocycles. The molecule has 2 heteroatoms. The number of hydrogen-bond acceptors (Lipinski definition) is 2. The predicted molar refractivity (Wildman–Crippen MR) is 113 cm³/mol. The van der Waals surface area contributed by atoms with Gasteiger partial charge in [0.05, 0.1) is 0 Å². The van der Waals surface area contributed by atoms with Crippen LogP contribution in [0.1, 0.15) is 0 Å². The van der Waals surface area contributed by atoms with E-state index in [2.05, 4.69) is 109 Å². The molecule has 0 atom stereocenters. The van der Waals surface area contributed by atoms with Crippen molar-refractivity contribution < 1.29 is 0 Å². The van der Waals surface area contributed by atoms with Crippen LogP contribution < -0.4 is 0 Å². The van der Waals surface area contributed by atoms with Crippen LogP contribution in [0.25, 0.3) is 11.1 Å². The molecule has 26 heavy (non-hydrogen) atoms. The molecule has 0 N–H and O–H groups in total. The van der Waals surface area contributed by atoms with Gasteiger partial charge in [-0.05, 0) is 42.0 Å². The Morgan fingerprint density at radius 3 is 1.27 bits per heavy atom. The summed E-state index contributed by atoms with van der Waals surface area (Å²) < 4.78 is 0. The van der Waals surface area contributed by atoms with E-state index in [-0.39, 0.29) is 0 Å². The first-order valence-electron chi connectivity index (χ1n) is 8.54. The van der Waals surface area contributed by atoms with E-state index in [1.165, 1.54) is 30.7 Å². The molecule has 0 unspecified atom stereocenters. The van der Waals surface area contributed by atoms with Gasteiger partial charge in [-0.2, -0.15) is 0 Å². The van der Waals surface area contributed by atoms with E-state index in [1.54, 1.807) is 0 Å². The average molecular weight is 371 g/mol. The van der Waals surface area contributed by atoms with Crippen molar-refractivity contribution in [3.63, 3.8) is 0 Å². The van der Waals surface area contributed by atoms with Gasteiger partial charge in [-0.15, -0.1) is 0 Å². The number of hydrogen-bond donors (Lipinski definition) is 0. The van der Waals surface area contributed by atoms with Crippen molar-refractivity contribution in [1.82, 2.24) is 0 Å². The molecule has 0 aliphatic carbocycles. The maximum atomic E-state index is 2.22. The lowest BCUT2D eigenvalue weighted by Crippen LogP contribution is -1.87. The van der Waals surface area contributed by atoms with Crippen LogP contribution >= 0.6 is 23.5 Å². The summed E-state index contributed by atoms with van der Waals surface area (Å²) in [7, 11) is 0. The molecule has 4 rings (SSSR count). The maximum absolute atomic E-state index is 2.22. The Bertz CT molecular complexity index is 905. The van der Waals surface area contributed by atoms with Gasteiger partial charge < -0.3 is 0 Å². The van der Waals surface area contributed by atoms with Gasteiger partial charge in [0, 0.05) is 25.1 Å². The Morgan fingerprint density at radius 2 is 0.808 bits per heavy atom. The molecule has 0 radical (unpaired) electrons. The highest BCUT2D eigenvalue weighted by atomic mass is 32.2. The van der Waals surface area contributed by atoms with Gasteiger partial charge in [0.15, 0.2) is 0 Å². The Morgan fingerprint density at radius 1 is 0.385 bits per heavy atom. The molecule has 0 bridgehead atoms. The fourth-order valence-electron chi connectivity index (χ4n) is 2.80. The Labute approximate surface area is 163 Å². The van der Waals surface area contributed by atoms with Crippen molar-refractivity contribution in [2.24, 2.45) is 0 Å². The summed E-state index contributed by atoms with van der Waals surface area (Å²) in [5.41, 5.74) is 2.56. The molecule has 0 nitrogen and oxygen atoms in total. The minimum absolute atomic E-state index is 1.25. The Kier molecular flexibility index (Phi) is 5.44. The fraction of sp³-hybridized carbons (Fsp3) is 0. The van der Waals surface area contributed by atoms with E-state index >= 15 is 0 Å². The summed E-state index contributed by atoms with van der Waals surface area (Å²) in [5, 5.41) is 0. The van der Waals surface area contributed by atoms with Crippen molar-refractivity contribution in [3.8, 4) is 11.1 Å². The van der Waals surface area contributed by atoms with Crippen LogP contribution in [-0.2, 0) is 0 Å². The van der Waals surface area contributed by atoms with E-state index in [0.29, 0.717) is 0 Å². The third kappa shape index (κ3) is 4.04. The second kappa shape index (κ2) is 8.31. The first-order valence-corrected chi connectivity index (χ1v) is 10.2. The van der Waals surface area contributed by atoms with Crippen LogP contribution in [0, 0.1) is 0 Å². The van der Waals surface area contributed by atoms with E-state index in [9.17, 15) is 0 Å². The molecule has 0 saturated heterocycles. The first-order chi connectivity index (χ1) is 12.9. The zero-order valence-electron chi connectivity index (χ0n) is 14.2. The molecule has 4 aromatic carbocycles. The van der Waals surface area contributed by atoms with E-state index in [0.717, 1.165) is 0 Å². The Hall–Kier alpha value is -2.42. The van der Waals surface area contributed by atoms with Crippen molar-refractivity contribution in [2.75, 3.05) is 0 Å². The van der Waals surface area contributed by atoms with Crippen LogP contribution in [0.5, 0.6) is 0 Å². The molecule has 0 aliphatic heterocycles. The van der Waals surface area contributed by atoms with Gasteiger partial charge in [0.1, 0.15) is 0 Å². The smallest absolute Gasteiger partial charge is 0.0212 e. The van der Waals surface area contributed by atoms with Gasteiger partial charge in [-0.25, -0.2) is 0 Å². The summed E-state index contributed by atoms with van der Waals surface area (Å²) in [6.07, 6.45) is 0. The molecular formula is C24H18S2. The summed E-state index contributed by atoms with van der Waals surface area (Å²) in [5.74, 6) is 0. The highest BCUT2D eigenvalue weighted by Crippen LogP contribution is 2.43. The van der Waals surface area contributed by atoms with Crippen LogP contribution in [-0.4, -0.2) is 0 Å². The standard InChI is InChI=1S/C24H18S2/c1-4-11-19(12-5-1)24-22(25-20-13-6-2-7-14-20)17-10-18-23(24)26-21-15-8-3-9-16-21/h1-18H.